The zero-order valence-electron chi connectivity index (χ0n) is 50.7. The molecule has 0 fully saturated rings. The van der Waals surface area contributed by atoms with Gasteiger partial charge in [-0.25, -0.2) is 0 Å². The van der Waals surface area contributed by atoms with E-state index in [2.05, 4.69) is 79.9 Å². The largest absolute Gasteiger partial charge is 0.756 e. The van der Waals surface area contributed by atoms with E-state index in [1.807, 2.05) is 27.2 Å². The molecule has 0 rings (SSSR count). The van der Waals surface area contributed by atoms with Crippen LogP contribution in [0.4, 0.5) is 0 Å². The Kier molecular flexibility index (Phi) is 56.1. The van der Waals surface area contributed by atoms with Crippen molar-refractivity contribution in [2.45, 2.75) is 309 Å². The number of carbonyl (C=O) groups excluding carboxylic acids is 1. The molecule has 0 aliphatic rings. The molecule has 0 spiro atoms. The molecule has 0 heterocycles. The summed E-state index contributed by atoms with van der Waals surface area (Å²) in [5.74, 6) is -0.204. The first-order valence-corrected chi connectivity index (χ1v) is 33.8. The fraction of sp³-hybridized carbons (Fsp3) is 0.806. The Hall–Kier alpha value is -2.06. The van der Waals surface area contributed by atoms with E-state index in [-0.39, 0.29) is 12.5 Å². The van der Waals surface area contributed by atoms with Crippen LogP contribution in [0.2, 0.25) is 0 Å². The van der Waals surface area contributed by atoms with Gasteiger partial charge in [0.1, 0.15) is 13.2 Å². The SMILES string of the molecule is CC/C=C\C/C=C\C/C=C\C/C=C\CCCCCCCCCCCCCCCCCCCCCCCCCCCCCCC(=O)NC(COP(=O)([O-])OCC[N+](C)(C)C)C(O)/C=C/CC/C=C/CCCCCCCCC. The summed E-state index contributed by atoms with van der Waals surface area (Å²) in [6.45, 7) is 4.52. The zero-order chi connectivity index (χ0) is 55.6. The summed E-state index contributed by atoms with van der Waals surface area (Å²) in [5.41, 5.74) is 0. The van der Waals surface area contributed by atoms with E-state index in [4.69, 9.17) is 9.05 Å². The van der Waals surface area contributed by atoms with Crippen LogP contribution in [0.25, 0.3) is 0 Å². The van der Waals surface area contributed by atoms with E-state index < -0.39 is 26.6 Å². The molecule has 0 aromatic rings. The second-order valence-corrected chi connectivity index (χ2v) is 24.5. The Labute approximate surface area is 472 Å². The minimum atomic E-state index is -4.60. The number of likely N-dealkylation sites (N-methyl/N-ethyl adjacent to an activating group) is 1. The number of rotatable bonds is 59. The molecule has 0 aromatic carbocycles. The summed E-state index contributed by atoms with van der Waals surface area (Å²) >= 11 is 0. The highest BCUT2D eigenvalue weighted by Crippen LogP contribution is 2.38. The van der Waals surface area contributed by atoms with Crippen molar-refractivity contribution in [2.24, 2.45) is 0 Å². The number of quaternary nitrogens is 1. The zero-order valence-corrected chi connectivity index (χ0v) is 51.6. The second kappa shape index (κ2) is 57.6. The van der Waals surface area contributed by atoms with Crippen molar-refractivity contribution in [3.63, 3.8) is 0 Å². The maximum atomic E-state index is 13.0. The van der Waals surface area contributed by atoms with Crippen LogP contribution in [-0.4, -0.2) is 68.5 Å². The van der Waals surface area contributed by atoms with E-state index >= 15 is 0 Å². The van der Waals surface area contributed by atoms with E-state index in [9.17, 15) is 19.4 Å². The van der Waals surface area contributed by atoms with Gasteiger partial charge in [-0.1, -0.05) is 292 Å². The topological polar surface area (TPSA) is 108 Å². The fourth-order valence-corrected chi connectivity index (χ4v) is 10.1. The molecule has 3 atom stereocenters. The van der Waals surface area contributed by atoms with Gasteiger partial charge < -0.3 is 28.8 Å². The van der Waals surface area contributed by atoms with Crippen molar-refractivity contribution in [2.75, 3.05) is 40.9 Å². The molecule has 0 aromatic heterocycles. The molecule has 0 saturated carbocycles. The highest BCUT2D eigenvalue weighted by Gasteiger charge is 2.23. The summed E-state index contributed by atoms with van der Waals surface area (Å²) < 4.78 is 23.3. The number of hydrogen-bond acceptors (Lipinski definition) is 6. The smallest absolute Gasteiger partial charge is 0.268 e. The van der Waals surface area contributed by atoms with Crippen LogP contribution in [0.5, 0.6) is 0 Å². The molecule has 2 N–H and O–H groups in total. The normalized spacial score (nSPS) is 14.2. The van der Waals surface area contributed by atoms with Gasteiger partial charge >= 0.3 is 0 Å². The quantitative estimate of drug-likeness (QED) is 0.0272. The van der Waals surface area contributed by atoms with Crippen molar-refractivity contribution in [3.8, 4) is 0 Å². The van der Waals surface area contributed by atoms with E-state index in [1.165, 1.54) is 212 Å². The summed E-state index contributed by atoms with van der Waals surface area (Å²) in [6.07, 6.45) is 80.4. The van der Waals surface area contributed by atoms with Gasteiger partial charge in [-0.05, 0) is 70.6 Å². The first-order valence-electron chi connectivity index (χ1n) is 32.3. The number of amides is 1. The van der Waals surface area contributed by atoms with Gasteiger partial charge in [0, 0.05) is 6.42 Å². The minimum absolute atomic E-state index is 0.00603. The Morgan fingerprint density at radius 3 is 1.22 bits per heavy atom. The number of allylic oxidation sites excluding steroid dienone is 11. The number of nitrogens with one attached hydrogen (secondary N) is 1. The standard InChI is InChI=1S/C67H125N2O6P/c1-6-8-10-12-14-16-18-20-21-22-23-24-25-26-27-28-29-30-31-32-33-34-35-36-37-38-39-40-41-42-43-44-45-46-47-49-51-53-55-57-59-61-67(71)68-65(64-75-76(72,73)74-63-62-69(3,4)5)66(70)60-58-56-54-52-50-48-19-17-15-13-11-9-7-2/h8,10,14,16,20-21,23-24,50,52,58,60,65-66,70H,6-7,9,11-13,15,17-19,22,25-49,51,53-57,59,61-64H2,1-5H3,(H-,68,71,72,73)/b10-8-,16-14-,21-20-,24-23-,52-50+,60-58+. The van der Waals surface area contributed by atoms with E-state index in [0.717, 1.165) is 64.2 Å². The third-order valence-corrected chi connectivity index (χ3v) is 15.4. The average Bonchev–Trinajstić information content (AvgIpc) is 3.38. The summed E-state index contributed by atoms with van der Waals surface area (Å²) in [4.78, 5) is 25.5. The Bertz CT molecular complexity index is 1470. The molecule has 444 valence electrons. The van der Waals surface area contributed by atoms with Gasteiger partial charge in [-0.15, -0.1) is 0 Å². The number of carbonyl (C=O) groups is 1. The Morgan fingerprint density at radius 2 is 0.816 bits per heavy atom. The Balaban J connectivity index is 3.85. The van der Waals surface area contributed by atoms with Gasteiger partial charge in [-0.3, -0.25) is 9.36 Å². The molecule has 0 aliphatic heterocycles. The van der Waals surface area contributed by atoms with Gasteiger partial charge in [0.15, 0.2) is 0 Å². The van der Waals surface area contributed by atoms with Crippen molar-refractivity contribution in [3.05, 3.63) is 72.9 Å². The minimum Gasteiger partial charge on any atom is -0.756 e. The third kappa shape index (κ3) is 59.6. The number of aliphatic hydroxyl groups excluding tert-OH is 1. The first-order chi connectivity index (χ1) is 37.0. The van der Waals surface area contributed by atoms with Crippen LogP contribution in [0, 0.1) is 0 Å². The number of unbranched alkanes of at least 4 members (excludes halogenated alkanes) is 36. The van der Waals surface area contributed by atoms with Crippen LogP contribution in [0.15, 0.2) is 72.9 Å². The highest BCUT2D eigenvalue weighted by molar-refractivity contribution is 7.45. The lowest BCUT2D eigenvalue weighted by Crippen LogP contribution is -2.45. The molecule has 0 radical (unpaired) electrons. The molecule has 8 nitrogen and oxygen atoms in total. The average molecular weight is 1090 g/mol. The van der Waals surface area contributed by atoms with Gasteiger partial charge in [0.25, 0.3) is 7.82 Å². The monoisotopic (exact) mass is 1080 g/mol. The molecule has 0 bridgehead atoms. The lowest BCUT2D eigenvalue weighted by Gasteiger charge is -2.29. The van der Waals surface area contributed by atoms with Gasteiger partial charge in [0.2, 0.25) is 5.91 Å². The predicted octanol–water partition coefficient (Wildman–Crippen LogP) is 19.6. The third-order valence-electron chi connectivity index (χ3n) is 14.4. The molecule has 9 heteroatoms. The van der Waals surface area contributed by atoms with Crippen molar-refractivity contribution in [1.29, 1.82) is 0 Å². The number of nitrogens with zero attached hydrogens (tertiary/aromatic N) is 1. The number of aliphatic hydroxyl groups is 1. The lowest BCUT2D eigenvalue weighted by atomic mass is 10.0. The van der Waals surface area contributed by atoms with Crippen molar-refractivity contribution >= 4 is 13.7 Å². The number of phosphoric ester groups is 1. The number of hydrogen-bond donors (Lipinski definition) is 2. The second-order valence-electron chi connectivity index (χ2n) is 23.1. The van der Waals surface area contributed by atoms with Crippen LogP contribution >= 0.6 is 7.82 Å². The summed E-state index contributed by atoms with van der Waals surface area (Å²) in [7, 11) is 1.25. The summed E-state index contributed by atoms with van der Waals surface area (Å²) in [5, 5.41) is 13.8. The van der Waals surface area contributed by atoms with Gasteiger partial charge in [0.05, 0.1) is 39.9 Å². The summed E-state index contributed by atoms with van der Waals surface area (Å²) in [6, 6.07) is -0.902. The van der Waals surface area contributed by atoms with Crippen LogP contribution in [0.3, 0.4) is 0 Å². The maximum Gasteiger partial charge on any atom is 0.268 e. The fourth-order valence-electron chi connectivity index (χ4n) is 9.40. The van der Waals surface area contributed by atoms with Crippen LogP contribution < -0.4 is 10.2 Å². The molecular formula is C67H125N2O6P. The molecule has 76 heavy (non-hydrogen) atoms. The van der Waals surface area contributed by atoms with E-state index in [1.54, 1.807) is 6.08 Å². The molecule has 1 amide bonds. The van der Waals surface area contributed by atoms with Crippen molar-refractivity contribution in [1.82, 2.24) is 5.32 Å². The van der Waals surface area contributed by atoms with Crippen LogP contribution in [0.1, 0.15) is 296 Å². The first kappa shape index (κ1) is 73.9. The predicted molar refractivity (Wildman–Crippen MR) is 330 cm³/mol. The Morgan fingerprint density at radius 1 is 0.474 bits per heavy atom. The highest BCUT2D eigenvalue weighted by atomic mass is 31.2. The lowest BCUT2D eigenvalue weighted by molar-refractivity contribution is -0.870. The number of phosphoric acid groups is 1. The molecule has 0 aliphatic carbocycles. The van der Waals surface area contributed by atoms with E-state index in [0.29, 0.717) is 17.4 Å². The molecule has 0 saturated heterocycles. The van der Waals surface area contributed by atoms with Crippen LogP contribution in [-0.2, 0) is 18.4 Å². The maximum absolute atomic E-state index is 13.0. The van der Waals surface area contributed by atoms with Crippen molar-refractivity contribution < 1.29 is 32.9 Å². The van der Waals surface area contributed by atoms with Gasteiger partial charge in [-0.2, -0.15) is 0 Å². The molecular weight excluding hydrogens is 960 g/mol. The molecule has 3 unspecified atom stereocenters.